The molecule has 4 nitrogen and oxygen atoms in total. The Balaban J connectivity index is 2.69. The van der Waals surface area contributed by atoms with Crippen LogP contribution in [0.5, 0.6) is 0 Å². The maximum atomic E-state index is 6.97. The van der Waals surface area contributed by atoms with Crippen LogP contribution < -0.4 is 11.1 Å². The van der Waals surface area contributed by atoms with E-state index in [0.717, 1.165) is 0 Å². The highest BCUT2D eigenvalue weighted by molar-refractivity contribution is 6.12. The van der Waals surface area contributed by atoms with E-state index in [1.165, 1.54) is 0 Å². The number of nitrogens with two attached hydrogens (primary N) is 1. The number of rotatable bonds is 1. The molecule has 0 amide bonds. The third-order valence-electron chi connectivity index (χ3n) is 0.982. The molecule has 0 atom stereocenters. The zero-order valence-electron chi connectivity index (χ0n) is 4.89. The molecule has 0 radical (unpaired) electrons. The molecule has 1 aliphatic rings. The van der Waals surface area contributed by atoms with Crippen molar-refractivity contribution in [3.63, 3.8) is 0 Å². The maximum absolute atomic E-state index is 6.97. The van der Waals surface area contributed by atoms with Crippen LogP contribution in [0.2, 0.25) is 0 Å². The molecule has 48 valence electrons. The second kappa shape index (κ2) is 2.30. The number of hydrogen-bond donors (Lipinski definition) is 3. The highest BCUT2D eigenvalue weighted by atomic mass is 15.0. The van der Waals surface area contributed by atoms with E-state index in [2.05, 4.69) is 10.3 Å². The van der Waals surface area contributed by atoms with Crippen LogP contribution in [0.15, 0.2) is 16.8 Å². The highest BCUT2D eigenvalue weighted by Gasteiger charge is 1.98. The topological polar surface area (TPSA) is 74.3 Å². The van der Waals surface area contributed by atoms with E-state index >= 15 is 0 Å². The number of nitrogens with zero attached hydrogens (tertiary/aromatic N) is 1. The zero-order chi connectivity index (χ0) is 6.69. The Morgan fingerprint density at radius 3 is 3.00 bits per heavy atom. The lowest BCUT2D eigenvalue weighted by atomic mass is 10.3. The maximum Gasteiger partial charge on any atom is 0.125 e. The van der Waals surface area contributed by atoms with Crippen molar-refractivity contribution in [2.75, 3.05) is 6.67 Å². The summed E-state index contributed by atoms with van der Waals surface area (Å²) >= 11 is 0. The van der Waals surface area contributed by atoms with E-state index in [0.29, 0.717) is 12.2 Å². The molecule has 0 aliphatic carbocycles. The second-order valence-corrected chi connectivity index (χ2v) is 1.69. The van der Waals surface area contributed by atoms with Crippen LogP contribution in [0.1, 0.15) is 0 Å². The molecule has 0 spiro atoms. The molecule has 4 heteroatoms. The van der Waals surface area contributed by atoms with E-state index in [9.17, 15) is 0 Å². The van der Waals surface area contributed by atoms with E-state index in [1.54, 1.807) is 12.4 Å². The molecule has 1 aliphatic heterocycles. The van der Waals surface area contributed by atoms with Crippen molar-refractivity contribution in [1.82, 2.24) is 5.32 Å². The average Bonchev–Trinajstić information content (AvgIpc) is 1.90. The van der Waals surface area contributed by atoms with Gasteiger partial charge in [0.25, 0.3) is 0 Å². The van der Waals surface area contributed by atoms with Gasteiger partial charge in [0.15, 0.2) is 0 Å². The summed E-state index contributed by atoms with van der Waals surface area (Å²) in [6.45, 7) is 0.580. The molecule has 0 aromatic rings. The van der Waals surface area contributed by atoms with Gasteiger partial charge in [0.2, 0.25) is 0 Å². The first kappa shape index (κ1) is 5.81. The average molecular weight is 124 g/mol. The number of hydrogen-bond acceptors (Lipinski definition) is 3. The van der Waals surface area contributed by atoms with E-state index in [1.807, 2.05) is 0 Å². The summed E-state index contributed by atoms with van der Waals surface area (Å²) in [4.78, 5) is 3.85. The van der Waals surface area contributed by atoms with Crippen molar-refractivity contribution in [2.24, 2.45) is 10.7 Å². The van der Waals surface area contributed by atoms with Crippen LogP contribution in [0.4, 0.5) is 0 Å². The molecule has 0 bridgehead atoms. The molecule has 0 unspecified atom stereocenters. The Kier molecular flexibility index (Phi) is 1.48. The van der Waals surface area contributed by atoms with Crippen molar-refractivity contribution in [2.45, 2.75) is 0 Å². The Morgan fingerprint density at radius 2 is 2.67 bits per heavy atom. The predicted octanol–water partition coefficient (Wildman–Crippen LogP) is -0.562. The van der Waals surface area contributed by atoms with Gasteiger partial charge in [-0.2, -0.15) is 0 Å². The van der Waals surface area contributed by atoms with Gasteiger partial charge < -0.3 is 11.1 Å². The van der Waals surface area contributed by atoms with Gasteiger partial charge in [-0.1, -0.05) is 0 Å². The SMILES string of the molecule is N=C(N)C1=CNCN=C1. The summed E-state index contributed by atoms with van der Waals surface area (Å²) in [6.07, 6.45) is 3.26. The van der Waals surface area contributed by atoms with E-state index in [4.69, 9.17) is 11.1 Å². The molecular weight excluding hydrogens is 116 g/mol. The van der Waals surface area contributed by atoms with Crippen LogP contribution in [-0.4, -0.2) is 18.7 Å². The first-order chi connectivity index (χ1) is 4.30. The van der Waals surface area contributed by atoms with Gasteiger partial charge in [-0.25, -0.2) is 0 Å². The molecule has 0 saturated heterocycles. The smallest absolute Gasteiger partial charge is 0.125 e. The fourth-order valence-electron chi connectivity index (χ4n) is 0.537. The predicted molar refractivity (Wildman–Crippen MR) is 36.5 cm³/mol. The van der Waals surface area contributed by atoms with Crippen molar-refractivity contribution in [3.8, 4) is 0 Å². The van der Waals surface area contributed by atoms with Crippen molar-refractivity contribution < 1.29 is 0 Å². The second-order valence-electron chi connectivity index (χ2n) is 1.69. The van der Waals surface area contributed by atoms with Crippen LogP contribution in [0, 0.1) is 5.41 Å². The van der Waals surface area contributed by atoms with Gasteiger partial charge in [0.05, 0.1) is 0 Å². The number of aliphatic imine (C=N–C) groups is 1. The Labute approximate surface area is 53.0 Å². The summed E-state index contributed by atoms with van der Waals surface area (Å²) in [7, 11) is 0. The van der Waals surface area contributed by atoms with Gasteiger partial charge in [0, 0.05) is 18.0 Å². The molecule has 4 N–H and O–H groups in total. The number of nitrogens with one attached hydrogen (secondary N) is 2. The molecule has 1 rings (SSSR count). The normalized spacial score (nSPS) is 16.2. The van der Waals surface area contributed by atoms with Gasteiger partial charge in [-0.05, 0) is 0 Å². The quantitative estimate of drug-likeness (QED) is 0.323. The first-order valence-corrected chi connectivity index (χ1v) is 2.58. The van der Waals surface area contributed by atoms with Gasteiger partial charge >= 0.3 is 0 Å². The summed E-state index contributed by atoms with van der Waals surface area (Å²) in [5.74, 6) is 0.0472. The molecule has 0 aromatic heterocycles. The molecule has 1 heterocycles. The van der Waals surface area contributed by atoms with Crippen LogP contribution in [0.3, 0.4) is 0 Å². The summed E-state index contributed by atoms with van der Waals surface area (Å²) in [5, 5.41) is 9.80. The molecule has 0 aromatic carbocycles. The van der Waals surface area contributed by atoms with Crippen molar-refractivity contribution in [1.29, 1.82) is 5.41 Å². The minimum absolute atomic E-state index is 0.0472. The largest absolute Gasteiger partial charge is 0.384 e. The molecule has 9 heavy (non-hydrogen) atoms. The lowest BCUT2D eigenvalue weighted by Crippen LogP contribution is -2.21. The van der Waals surface area contributed by atoms with Gasteiger partial charge in [-0.3, -0.25) is 10.4 Å². The van der Waals surface area contributed by atoms with Crippen LogP contribution >= 0.6 is 0 Å². The Hall–Kier alpha value is -1.32. The number of amidine groups is 1. The monoisotopic (exact) mass is 124 g/mol. The Bertz CT molecular complexity index is 179. The third kappa shape index (κ3) is 1.28. The van der Waals surface area contributed by atoms with Crippen LogP contribution in [0.25, 0.3) is 0 Å². The van der Waals surface area contributed by atoms with E-state index < -0.39 is 0 Å². The fraction of sp³-hybridized carbons (Fsp3) is 0.200. The minimum atomic E-state index is 0.0472. The fourth-order valence-corrected chi connectivity index (χ4v) is 0.537. The third-order valence-corrected chi connectivity index (χ3v) is 0.982. The highest BCUT2D eigenvalue weighted by Crippen LogP contribution is 1.90. The molecule has 0 fully saturated rings. The summed E-state index contributed by atoms with van der Waals surface area (Å²) in [6, 6.07) is 0. The zero-order valence-corrected chi connectivity index (χ0v) is 4.89. The first-order valence-electron chi connectivity index (χ1n) is 2.58. The Morgan fingerprint density at radius 1 is 1.89 bits per heavy atom. The lowest BCUT2D eigenvalue weighted by Gasteiger charge is -2.04. The van der Waals surface area contributed by atoms with Crippen molar-refractivity contribution in [3.05, 3.63) is 11.8 Å². The van der Waals surface area contributed by atoms with Crippen molar-refractivity contribution >= 4 is 12.1 Å². The van der Waals surface area contributed by atoms with Crippen LogP contribution in [-0.2, 0) is 0 Å². The lowest BCUT2D eigenvalue weighted by molar-refractivity contribution is 0.874. The standard InChI is InChI=1S/C5H8N4/c6-5(7)4-1-8-3-9-2-4/h1-2,8H,3H2,(H3,6,7). The summed E-state index contributed by atoms with van der Waals surface area (Å²) in [5.41, 5.74) is 5.79. The minimum Gasteiger partial charge on any atom is -0.384 e. The van der Waals surface area contributed by atoms with E-state index in [-0.39, 0.29) is 5.84 Å². The van der Waals surface area contributed by atoms with Gasteiger partial charge in [-0.15, -0.1) is 0 Å². The molecule has 0 saturated carbocycles. The molecular formula is C5H8N4. The van der Waals surface area contributed by atoms with Gasteiger partial charge in [0.1, 0.15) is 12.5 Å². The summed E-state index contributed by atoms with van der Waals surface area (Å²) < 4.78 is 0.